The average Bonchev–Trinajstić information content (AvgIpc) is 3.15. The van der Waals surface area contributed by atoms with Crippen molar-refractivity contribution in [2.45, 2.75) is 25.8 Å². The molecule has 5 heteroatoms. The first-order valence-corrected chi connectivity index (χ1v) is 5.83. The number of carbonyl (C=O) groups excluding carboxylic acids is 1. The number of esters is 1. The lowest BCUT2D eigenvalue weighted by Crippen LogP contribution is -2.33. The van der Waals surface area contributed by atoms with Crippen molar-refractivity contribution in [3.63, 3.8) is 0 Å². The van der Waals surface area contributed by atoms with Gasteiger partial charge in [-0.05, 0) is 37.3 Å². The van der Waals surface area contributed by atoms with Crippen molar-refractivity contribution >= 4 is 11.7 Å². The van der Waals surface area contributed by atoms with Crippen LogP contribution in [0.1, 0.15) is 18.4 Å². The zero-order chi connectivity index (χ0) is 13.3. The summed E-state index contributed by atoms with van der Waals surface area (Å²) < 4.78 is 31.7. The topological polar surface area (TPSA) is 38.3 Å². The van der Waals surface area contributed by atoms with Crippen LogP contribution >= 0.6 is 0 Å². The number of aryl methyl sites for hydroxylation is 1. The highest BCUT2D eigenvalue weighted by Gasteiger charge is 2.37. The van der Waals surface area contributed by atoms with Crippen LogP contribution in [-0.4, -0.2) is 19.1 Å². The summed E-state index contributed by atoms with van der Waals surface area (Å²) >= 11 is 0. The number of hydrogen-bond acceptors (Lipinski definition) is 3. The van der Waals surface area contributed by atoms with Gasteiger partial charge in [-0.2, -0.15) is 0 Å². The highest BCUT2D eigenvalue weighted by Crippen LogP contribution is 2.35. The van der Waals surface area contributed by atoms with Gasteiger partial charge >= 0.3 is 5.97 Å². The van der Waals surface area contributed by atoms with E-state index in [1.165, 1.54) is 14.0 Å². The molecule has 2 rings (SSSR count). The molecule has 1 unspecified atom stereocenters. The van der Waals surface area contributed by atoms with Crippen LogP contribution in [0.15, 0.2) is 12.1 Å². The van der Waals surface area contributed by atoms with E-state index in [1.54, 1.807) is 0 Å². The van der Waals surface area contributed by atoms with Crippen molar-refractivity contribution in [1.29, 1.82) is 0 Å². The largest absolute Gasteiger partial charge is 0.467 e. The molecule has 0 heterocycles. The standard InChI is InChI=1S/C13H15F2NO2/c1-7-5-10(15)11(6-9(7)14)16-12(8-3-4-8)13(17)18-2/h5-6,8,12,16H,3-4H2,1-2H3. The minimum atomic E-state index is -0.605. The predicted molar refractivity (Wildman–Crippen MR) is 63.2 cm³/mol. The lowest BCUT2D eigenvalue weighted by Gasteiger charge is -2.17. The summed E-state index contributed by atoms with van der Waals surface area (Å²) in [5.74, 6) is -1.37. The summed E-state index contributed by atoms with van der Waals surface area (Å²) in [5.41, 5.74) is 0.236. The molecule has 1 aliphatic rings. The van der Waals surface area contributed by atoms with Crippen LogP contribution in [0, 0.1) is 24.5 Å². The minimum absolute atomic E-state index is 0.000370. The maximum absolute atomic E-state index is 13.7. The molecule has 1 N–H and O–H groups in total. The fraction of sp³-hybridized carbons (Fsp3) is 0.462. The van der Waals surface area contributed by atoms with E-state index >= 15 is 0 Å². The van der Waals surface area contributed by atoms with Gasteiger partial charge in [-0.15, -0.1) is 0 Å². The van der Waals surface area contributed by atoms with Crippen molar-refractivity contribution in [3.05, 3.63) is 29.3 Å². The fourth-order valence-electron chi connectivity index (χ4n) is 1.85. The van der Waals surface area contributed by atoms with E-state index in [-0.39, 0.29) is 17.2 Å². The van der Waals surface area contributed by atoms with Crippen molar-refractivity contribution in [1.82, 2.24) is 0 Å². The molecule has 1 aromatic carbocycles. The summed E-state index contributed by atoms with van der Waals surface area (Å²) in [6.45, 7) is 1.49. The zero-order valence-corrected chi connectivity index (χ0v) is 10.3. The number of carbonyl (C=O) groups is 1. The summed E-state index contributed by atoms with van der Waals surface area (Å²) in [6, 6.07) is 1.58. The van der Waals surface area contributed by atoms with Crippen LogP contribution in [-0.2, 0) is 9.53 Å². The highest BCUT2D eigenvalue weighted by atomic mass is 19.1. The van der Waals surface area contributed by atoms with Gasteiger partial charge in [0.15, 0.2) is 0 Å². The summed E-state index contributed by atoms with van der Waals surface area (Å²) in [7, 11) is 1.28. The van der Waals surface area contributed by atoms with E-state index in [4.69, 9.17) is 0 Å². The van der Waals surface area contributed by atoms with E-state index in [9.17, 15) is 13.6 Å². The van der Waals surface area contributed by atoms with Crippen LogP contribution in [0.25, 0.3) is 0 Å². The number of hydrogen-bond donors (Lipinski definition) is 1. The summed E-state index contributed by atoms with van der Waals surface area (Å²) in [4.78, 5) is 11.6. The van der Waals surface area contributed by atoms with Crippen LogP contribution in [0.3, 0.4) is 0 Å². The van der Waals surface area contributed by atoms with Gasteiger partial charge in [-0.1, -0.05) is 0 Å². The first kappa shape index (κ1) is 12.8. The van der Waals surface area contributed by atoms with E-state index < -0.39 is 23.6 Å². The number of methoxy groups -OCH3 is 1. The Kier molecular flexibility index (Phi) is 3.50. The van der Waals surface area contributed by atoms with E-state index in [0.29, 0.717) is 0 Å². The van der Waals surface area contributed by atoms with Crippen LogP contribution in [0.2, 0.25) is 0 Å². The van der Waals surface area contributed by atoms with E-state index in [2.05, 4.69) is 10.1 Å². The molecule has 98 valence electrons. The Hall–Kier alpha value is -1.65. The van der Waals surface area contributed by atoms with Crippen molar-refractivity contribution in [2.24, 2.45) is 5.92 Å². The number of benzene rings is 1. The number of nitrogens with one attached hydrogen (secondary N) is 1. The molecule has 1 aliphatic carbocycles. The van der Waals surface area contributed by atoms with Gasteiger partial charge in [0.05, 0.1) is 12.8 Å². The van der Waals surface area contributed by atoms with Gasteiger partial charge in [0, 0.05) is 6.07 Å². The first-order chi connectivity index (χ1) is 8.52. The van der Waals surface area contributed by atoms with Crippen molar-refractivity contribution in [3.8, 4) is 0 Å². The van der Waals surface area contributed by atoms with Crippen LogP contribution in [0.4, 0.5) is 14.5 Å². The predicted octanol–water partition coefficient (Wildman–Crippen LogP) is 2.64. The third-order valence-electron chi connectivity index (χ3n) is 3.11. The second kappa shape index (κ2) is 4.92. The Morgan fingerprint density at radius 2 is 2.06 bits per heavy atom. The molecule has 1 fully saturated rings. The molecule has 0 saturated heterocycles. The average molecular weight is 255 g/mol. The van der Waals surface area contributed by atoms with Gasteiger partial charge < -0.3 is 10.1 Å². The molecule has 0 radical (unpaired) electrons. The molecule has 1 atom stereocenters. The van der Waals surface area contributed by atoms with Crippen molar-refractivity contribution < 1.29 is 18.3 Å². The van der Waals surface area contributed by atoms with E-state index in [1.807, 2.05) is 0 Å². The highest BCUT2D eigenvalue weighted by molar-refractivity contribution is 5.80. The quantitative estimate of drug-likeness (QED) is 0.840. The van der Waals surface area contributed by atoms with Gasteiger partial charge in [-0.3, -0.25) is 0 Å². The van der Waals surface area contributed by atoms with E-state index in [0.717, 1.165) is 25.0 Å². The molecule has 18 heavy (non-hydrogen) atoms. The molecule has 3 nitrogen and oxygen atoms in total. The van der Waals surface area contributed by atoms with Gasteiger partial charge in [0.25, 0.3) is 0 Å². The molecular formula is C13H15F2NO2. The molecule has 0 aliphatic heterocycles. The third kappa shape index (κ3) is 2.60. The lowest BCUT2D eigenvalue weighted by molar-refractivity contribution is -0.142. The Bertz CT molecular complexity index is 472. The molecule has 1 saturated carbocycles. The first-order valence-electron chi connectivity index (χ1n) is 5.83. The third-order valence-corrected chi connectivity index (χ3v) is 3.11. The number of ether oxygens (including phenoxy) is 1. The Labute approximate surface area is 104 Å². The molecule has 0 aromatic heterocycles. The summed E-state index contributed by atoms with van der Waals surface area (Å²) in [5, 5.41) is 2.74. The SMILES string of the molecule is COC(=O)C(Nc1cc(F)c(C)cc1F)C1CC1. The maximum Gasteiger partial charge on any atom is 0.328 e. The molecule has 0 spiro atoms. The molecule has 0 amide bonds. The number of rotatable bonds is 4. The number of anilines is 1. The van der Waals surface area contributed by atoms with Crippen molar-refractivity contribution in [2.75, 3.05) is 12.4 Å². The molecule has 1 aromatic rings. The monoisotopic (exact) mass is 255 g/mol. The Morgan fingerprint density at radius 1 is 1.39 bits per heavy atom. The molecule has 0 bridgehead atoms. The second-order valence-corrected chi connectivity index (χ2v) is 4.56. The van der Waals surface area contributed by atoms with Crippen LogP contribution < -0.4 is 5.32 Å². The van der Waals surface area contributed by atoms with Gasteiger partial charge in [-0.25, -0.2) is 13.6 Å². The Balaban J connectivity index is 2.21. The minimum Gasteiger partial charge on any atom is -0.467 e. The zero-order valence-electron chi connectivity index (χ0n) is 10.3. The number of halogens is 2. The van der Waals surface area contributed by atoms with Gasteiger partial charge in [0.1, 0.15) is 17.7 Å². The smallest absolute Gasteiger partial charge is 0.328 e. The lowest BCUT2D eigenvalue weighted by atomic mass is 10.1. The van der Waals surface area contributed by atoms with Gasteiger partial charge in [0.2, 0.25) is 0 Å². The fourth-order valence-corrected chi connectivity index (χ4v) is 1.85. The normalized spacial score (nSPS) is 16.2. The molecular weight excluding hydrogens is 240 g/mol. The second-order valence-electron chi connectivity index (χ2n) is 4.56. The Morgan fingerprint density at radius 3 is 2.61 bits per heavy atom. The summed E-state index contributed by atoms with van der Waals surface area (Å²) in [6.07, 6.45) is 1.78. The maximum atomic E-state index is 13.7. The van der Waals surface area contributed by atoms with Crippen LogP contribution in [0.5, 0.6) is 0 Å².